The topological polar surface area (TPSA) is 105 Å². The number of rotatable bonds is 5. The highest BCUT2D eigenvalue weighted by molar-refractivity contribution is 5.93. The maximum atomic E-state index is 12.4. The van der Waals surface area contributed by atoms with Crippen LogP contribution < -0.4 is 10.2 Å². The summed E-state index contributed by atoms with van der Waals surface area (Å²) in [6, 6.07) is 8.06. The van der Waals surface area contributed by atoms with E-state index in [4.69, 9.17) is 4.52 Å². The van der Waals surface area contributed by atoms with Crippen LogP contribution in [0.2, 0.25) is 0 Å². The summed E-state index contributed by atoms with van der Waals surface area (Å²) in [5.41, 5.74) is 0.723. The summed E-state index contributed by atoms with van der Waals surface area (Å²) in [5, 5.41) is 17.7. The molecular weight excluding hydrogens is 338 g/mol. The van der Waals surface area contributed by atoms with Crippen LogP contribution in [0.1, 0.15) is 12.7 Å². The number of amides is 1. The Kier molecular flexibility index (Phi) is 5.17. The zero-order chi connectivity index (χ0) is 18.7. The highest BCUT2D eigenvalue weighted by Gasteiger charge is 2.28. The lowest BCUT2D eigenvalue weighted by atomic mass is 10.2. The van der Waals surface area contributed by atoms with Crippen molar-refractivity contribution in [2.24, 2.45) is 0 Å². The molecule has 1 saturated heterocycles. The second kappa shape index (κ2) is 7.52. The molecule has 0 bridgehead atoms. The van der Waals surface area contributed by atoms with Crippen LogP contribution in [0.3, 0.4) is 0 Å². The zero-order valence-corrected chi connectivity index (χ0v) is 14.7. The lowest BCUT2D eigenvalue weighted by Gasteiger charge is -2.38. The highest BCUT2D eigenvalue weighted by atomic mass is 16.6. The van der Waals surface area contributed by atoms with Gasteiger partial charge in [-0.1, -0.05) is 17.3 Å². The number of carbonyl (C=O) groups is 1. The van der Waals surface area contributed by atoms with Crippen LogP contribution in [0.4, 0.5) is 17.2 Å². The summed E-state index contributed by atoms with van der Waals surface area (Å²) < 4.78 is 4.94. The fourth-order valence-corrected chi connectivity index (χ4v) is 3.06. The number of benzene rings is 1. The Labute approximate surface area is 150 Å². The first-order valence-corrected chi connectivity index (χ1v) is 8.42. The van der Waals surface area contributed by atoms with Gasteiger partial charge in [-0.2, -0.15) is 0 Å². The van der Waals surface area contributed by atoms with E-state index in [0.29, 0.717) is 43.4 Å². The van der Waals surface area contributed by atoms with Crippen LogP contribution in [-0.4, -0.2) is 53.1 Å². The molecule has 0 spiro atoms. The molecule has 3 rings (SSSR count). The van der Waals surface area contributed by atoms with Gasteiger partial charge in [-0.3, -0.25) is 19.8 Å². The first-order valence-electron chi connectivity index (χ1n) is 8.42. The predicted molar refractivity (Wildman–Crippen MR) is 96.2 cm³/mol. The largest absolute Gasteiger partial charge is 0.363 e. The number of aryl methyl sites for hydroxylation is 1. The van der Waals surface area contributed by atoms with Crippen molar-refractivity contribution in [3.05, 3.63) is 46.2 Å². The van der Waals surface area contributed by atoms with Crippen molar-refractivity contribution < 1.29 is 14.2 Å². The van der Waals surface area contributed by atoms with E-state index >= 15 is 0 Å². The minimum atomic E-state index is -0.363. The Balaban J connectivity index is 1.59. The number of nitro groups is 1. The van der Waals surface area contributed by atoms with E-state index in [-0.39, 0.29) is 22.6 Å². The molecule has 1 unspecified atom stereocenters. The number of hydrogen-bond acceptors (Lipinski definition) is 7. The Morgan fingerprint density at radius 1 is 1.31 bits per heavy atom. The lowest BCUT2D eigenvalue weighted by Crippen LogP contribution is -2.53. The summed E-state index contributed by atoms with van der Waals surface area (Å²) in [6.45, 7) is 6.10. The minimum absolute atomic E-state index is 0.105. The SMILES string of the molecule is Cc1cc(NC(=O)C(C)N2CCN(c3ccccc3[N+](=O)[O-])CC2)no1. The molecule has 2 heterocycles. The normalized spacial score (nSPS) is 16.3. The van der Waals surface area contributed by atoms with E-state index in [9.17, 15) is 14.9 Å². The molecule has 0 saturated carbocycles. The molecule has 0 radical (unpaired) electrons. The van der Waals surface area contributed by atoms with Crippen LogP contribution in [-0.2, 0) is 4.79 Å². The molecule has 1 aliphatic heterocycles. The fourth-order valence-electron chi connectivity index (χ4n) is 3.06. The third-order valence-electron chi connectivity index (χ3n) is 4.54. The summed E-state index contributed by atoms with van der Waals surface area (Å²) >= 11 is 0. The number of nitrogens with one attached hydrogen (secondary N) is 1. The third kappa shape index (κ3) is 3.83. The maximum absolute atomic E-state index is 12.4. The quantitative estimate of drug-likeness (QED) is 0.643. The van der Waals surface area contributed by atoms with Crippen molar-refractivity contribution in [3.63, 3.8) is 0 Å². The molecule has 1 N–H and O–H groups in total. The van der Waals surface area contributed by atoms with Gasteiger partial charge >= 0.3 is 0 Å². The van der Waals surface area contributed by atoms with Gasteiger partial charge < -0.3 is 14.7 Å². The van der Waals surface area contributed by atoms with Crippen molar-refractivity contribution in [1.82, 2.24) is 10.1 Å². The zero-order valence-electron chi connectivity index (χ0n) is 14.7. The maximum Gasteiger partial charge on any atom is 0.292 e. The smallest absolute Gasteiger partial charge is 0.292 e. The highest BCUT2D eigenvalue weighted by Crippen LogP contribution is 2.28. The first-order chi connectivity index (χ1) is 12.5. The van der Waals surface area contributed by atoms with Gasteiger partial charge in [0.1, 0.15) is 11.4 Å². The van der Waals surface area contributed by atoms with Crippen molar-refractivity contribution >= 4 is 23.1 Å². The van der Waals surface area contributed by atoms with Gasteiger partial charge in [0.25, 0.3) is 5.69 Å². The Bertz CT molecular complexity index is 798. The van der Waals surface area contributed by atoms with E-state index in [1.165, 1.54) is 6.07 Å². The molecule has 0 aliphatic carbocycles. The number of nitrogens with zero attached hydrogens (tertiary/aromatic N) is 4. The number of piperazine rings is 1. The molecular formula is C17H21N5O4. The first kappa shape index (κ1) is 17.9. The molecule has 1 aromatic carbocycles. The van der Waals surface area contributed by atoms with Crippen LogP contribution in [0.15, 0.2) is 34.9 Å². The Morgan fingerprint density at radius 3 is 2.62 bits per heavy atom. The summed E-state index contributed by atoms with van der Waals surface area (Å²) in [5.74, 6) is 0.876. The molecule has 138 valence electrons. The molecule has 26 heavy (non-hydrogen) atoms. The van der Waals surface area contributed by atoms with Crippen LogP contribution >= 0.6 is 0 Å². The fraction of sp³-hybridized carbons (Fsp3) is 0.412. The number of para-hydroxylation sites is 2. The molecule has 1 amide bonds. The third-order valence-corrected chi connectivity index (χ3v) is 4.54. The van der Waals surface area contributed by atoms with Gasteiger partial charge in [0.15, 0.2) is 5.82 Å². The standard InChI is InChI=1S/C17H21N5O4/c1-12-11-16(19-26-12)18-17(23)13(2)20-7-9-21(10-8-20)14-5-3-4-6-15(14)22(24)25/h3-6,11,13H,7-10H2,1-2H3,(H,18,19,23). The molecule has 9 nitrogen and oxygen atoms in total. The average Bonchev–Trinajstić information content (AvgIpc) is 3.06. The van der Waals surface area contributed by atoms with Crippen LogP contribution in [0.5, 0.6) is 0 Å². The number of hydrogen-bond donors (Lipinski definition) is 1. The number of aromatic nitrogens is 1. The molecule has 2 aromatic rings. The summed E-state index contributed by atoms with van der Waals surface area (Å²) in [7, 11) is 0. The van der Waals surface area contributed by atoms with Gasteiger partial charge in [-0.15, -0.1) is 0 Å². The predicted octanol–water partition coefficient (Wildman–Crippen LogP) is 2.04. The average molecular weight is 359 g/mol. The van der Waals surface area contributed by atoms with Gasteiger partial charge in [-0.05, 0) is 19.9 Å². The second-order valence-corrected chi connectivity index (χ2v) is 6.26. The van der Waals surface area contributed by atoms with Crippen LogP contribution in [0, 0.1) is 17.0 Å². The Morgan fingerprint density at radius 2 is 2.00 bits per heavy atom. The van der Waals surface area contributed by atoms with Gasteiger partial charge in [0, 0.05) is 38.3 Å². The molecule has 1 aliphatic rings. The Hall–Kier alpha value is -2.94. The minimum Gasteiger partial charge on any atom is -0.363 e. The number of nitro benzene ring substituents is 1. The molecule has 1 aromatic heterocycles. The molecule has 1 fully saturated rings. The van der Waals surface area contributed by atoms with E-state index in [1.54, 1.807) is 31.2 Å². The van der Waals surface area contributed by atoms with Gasteiger partial charge in [-0.25, -0.2) is 0 Å². The van der Waals surface area contributed by atoms with E-state index in [0.717, 1.165) is 0 Å². The summed E-state index contributed by atoms with van der Waals surface area (Å²) in [6.07, 6.45) is 0. The molecule has 9 heteroatoms. The number of anilines is 2. The molecule has 1 atom stereocenters. The lowest BCUT2D eigenvalue weighted by molar-refractivity contribution is -0.384. The van der Waals surface area contributed by atoms with Gasteiger partial charge in [0.05, 0.1) is 11.0 Å². The van der Waals surface area contributed by atoms with Crippen molar-refractivity contribution in [2.75, 3.05) is 36.4 Å². The number of carbonyl (C=O) groups excluding carboxylic acids is 1. The van der Waals surface area contributed by atoms with Gasteiger partial charge in [0.2, 0.25) is 5.91 Å². The van der Waals surface area contributed by atoms with E-state index < -0.39 is 0 Å². The second-order valence-electron chi connectivity index (χ2n) is 6.26. The summed E-state index contributed by atoms with van der Waals surface area (Å²) in [4.78, 5) is 27.3. The van der Waals surface area contributed by atoms with E-state index in [1.807, 2.05) is 16.7 Å². The van der Waals surface area contributed by atoms with Crippen molar-refractivity contribution in [2.45, 2.75) is 19.9 Å². The monoisotopic (exact) mass is 359 g/mol. The van der Waals surface area contributed by atoms with Crippen molar-refractivity contribution in [1.29, 1.82) is 0 Å². The van der Waals surface area contributed by atoms with E-state index in [2.05, 4.69) is 10.5 Å². The van der Waals surface area contributed by atoms with Crippen LogP contribution in [0.25, 0.3) is 0 Å². The van der Waals surface area contributed by atoms with Crippen molar-refractivity contribution in [3.8, 4) is 0 Å².